The summed E-state index contributed by atoms with van der Waals surface area (Å²) < 4.78 is 78.7. The van der Waals surface area contributed by atoms with E-state index >= 15 is 0 Å². The van der Waals surface area contributed by atoms with Crippen LogP contribution in [0.1, 0.15) is 35.7 Å². The molecule has 0 radical (unpaired) electrons. The SMILES string of the molecule is Cn1c(C2CC2)nc2cc(C(F)(F)F)c(C(F)(F)F)cc21. The van der Waals surface area contributed by atoms with Crippen LogP contribution in [-0.4, -0.2) is 9.55 Å². The zero-order valence-corrected chi connectivity index (χ0v) is 10.8. The Kier molecular flexibility index (Phi) is 2.80. The summed E-state index contributed by atoms with van der Waals surface area (Å²) in [5.41, 5.74) is -3.35. The number of benzene rings is 1. The highest BCUT2D eigenvalue weighted by atomic mass is 19.4. The average Bonchev–Trinajstić information content (AvgIpc) is 3.12. The maximum absolute atomic E-state index is 12.9. The summed E-state index contributed by atoms with van der Waals surface area (Å²) in [6, 6.07) is 1.03. The molecule has 0 unspecified atom stereocenters. The molecule has 21 heavy (non-hydrogen) atoms. The molecule has 0 aliphatic heterocycles. The summed E-state index contributed by atoms with van der Waals surface area (Å²) in [6.45, 7) is 0. The van der Waals surface area contributed by atoms with Crippen molar-refractivity contribution in [1.29, 1.82) is 0 Å². The molecule has 1 aromatic heterocycles. The molecule has 114 valence electrons. The normalized spacial score (nSPS) is 16.7. The topological polar surface area (TPSA) is 17.8 Å². The van der Waals surface area contributed by atoms with E-state index in [-0.39, 0.29) is 17.0 Å². The van der Waals surface area contributed by atoms with Crippen molar-refractivity contribution in [1.82, 2.24) is 9.55 Å². The number of hydrogen-bond donors (Lipinski definition) is 0. The lowest BCUT2D eigenvalue weighted by Crippen LogP contribution is -2.16. The smallest absolute Gasteiger partial charge is 0.331 e. The quantitative estimate of drug-likeness (QED) is 0.710. The molecule has 0 N–H and O–H groups in total. The maximum atomic E-state index is 12.9. The number of hydrogen-bond acceptors (Lipinski definition) is 1. The third-order valence-electron chi connectivity index (χ3n) is 3.61. The van der Waals surface area contributed by atoms with Gasteiger partial charge in [-0.15, -0.1) is 0 Å². The molecule has 2 nitrogen and oxygen atoms in total. The lowest BCUT2D eigenvalue weighted by molar-refractivity contribution is -0.161. The van der Waals surface area contributed by atoms with Crippen LogP contribution in [0.4, 0.5) is 26.3 Å². The monoisotopic (exact) mass is 308 g/mol. The third-order valence-corrected chi connectivity index (χ3v) is 3.61. The van der Waals surface area contributed by atoms with Crippen LogP contribution in [0.5, 0.6) is 0 Å². The molecule has 3 rings (SSSR count). The van der Waals surface area contributed by atoms with Gasteiger partial charge in [-0.25, -0.2) is 4.98 Å². The van der Waals surface area contributed by atoms with Gasteiger partial charge in [0.25, 0.3) is 0 Å². The Morgan fingerprint density at radius 2 is 1.52 bits per heavy atom. The van der Waals surface area contributed by atoms with E-state index in [2.05, 4.69) is 4.98 Å². The summed E-state index contributed by atoms with van der Waals surface area (Å²) in [6.07, 6.45) is -8.43. The Labute approximate surface area is 115 Å². The lowest BCUT2D eigenvalue weighted by Gasteiger charge is -2.15. The molecule has 1 aliphatic rings. The summed E-state index contributed by atoms with van der Waals surface area (Å²) >= 11 is 0. The lowest BCUT2D eigenvalue weighted by atomic mass is 10.1. The predicted octanol–water partition coefficient (Wildman–Crippen LogP) is 4.49. The van der Waals surface area contributed by atoms with Gasteiger partial charge in [-0.3, -0.25) is 0 Å². The van der Waals surface area contributed by atoms with E-state index in [1.807, 2.05) is 0 Å². The summed E-state index contributed by atoms with van der Waals surface area (Å²) in [5, 5.41) is 0. The summed E-state index contributed by atoms with van der Waals surface area (Å²) in [4.78, 5) is 4.07. The number of imidazole rings is 1. The van der Waals surface area contributed by atoms with Crippen molar-refractivity contribution in [2.24, 2.45) is 7.05 Å². The van der Waals surface area contributed by atoms with Crippen LogP contribution < -0.4 is 0 Å². The second-order valence-electron chi connectivity index (χ2n) is 5.19. The number of rotatable bonds is 1. The fraction of sp³-hybridized carbons (Fsp3) is 0.462. The van der Waals surface area contributed by atoms with Crippen LogP contribution in [0.15, 0.2) is 12.1 Å². The molecular weight excluding hydrogens is 298 g/mol. The Balaban J connectivity index is 2.30. The van der Waals surface area contributed by atoms with Gasteiger partial charge >= 0.3 is 12.4 Å². The van der Waals surface area contributed by atoms with Crippen LogP contribution in [0.2, 0.25) is 0 Å². The molecule has 0 amide bonds. The Hall–Kier alpha value is -1.73. The zero-order valence-electron chi connectivity index (χ0n) is 10.8. The van der Waals surface area contributed by atoms with Crippen molar-refractivity contribution in [2.75, 3.05) is 0 Å². The van der Waals surface area contributed by atoms with Gasteiger partial charge in [-0.1, -0.05) is 0 Å². The van der Waals surface area contributed by atoms with Crippen LogP contribution in [0, 0.1) is 0 Å². The molecule has 1 aliphatic carbocycles. The van der Waals surface area contributed by atoms with Crippen LogP contribution in [-0.2, 0) is 19.4 Å². The van der Waals surface area contributed by atoms with Gasteiger partial charge in [0.1, 0.15) is 5.82 Å². The molecule has 1 heterocycles. The van der Waals surface area contributed by atoms with Crippen LogP contribution >= 0.6 is 0 Å². The van der Waals surface area contributed by atoms with Crippen molar-refractivity contribution in [3.63, 3.8) is 0 Å². The first-order valence-electron chi connectivity index (χ1n) is 6.24. The molecular formula is C13H10F6N2. The second kappa shape index (κ2) is 4.14. The summed E-state index contributed by atoms with van der Waals surface area (Å²) in [5.74, 6) is 0.670. The summed E-state index contributed by atoms with van der Waals surface area (Å²) in [7, 11) is 1.52. The number of aromatic nitrogens is 2. The van der Waals surface area contributed by atoms with Crippen molar-refractivity contribution >= 4 is 11.0 Å². The standard InChI is InChI=1S/C13H10F6N2/c1-21-10-5-8(13(17,18)19)7(12(14,15)16)4-9(10)20-11(21)6-2-3-6/h4-6H,2-3H2,1H3. The number of nitrogens with zero attached hydrogens (tertiary/aromatic N) is 2. The number of fused-ring (bicyclic) bond motifs is 1. The third kappa shape index (κ3) is 2.36. The number of alkyl halides is 6. The van der Waals surface area contributed by atoms with E-state index in [1.165, 1.54) is 11.6 Å². The van der Waals surface area contributed by atoms with Gasteiger partial charge in [0.05, 0.1) is 22.2 Å². The highest BCUT2D eigenvalue weighted by Crippen LogP contribution is 2.44. The van der Waals surface area contributed by atoms with Crippen molar-refractivity contribution in [3.05, 3.63) is 29.1 Å². The average molecular weight is 308 g/mol. The minimum absolute atomic E-state index is 0.0558. The van der Waals surface area contributed by atoms with Gasteiger partial charge in [-0.2, -0.15) is 26.3 Å². The fourth-order valence-corrected chi connectivity index (χ4v) is 2.43. The molecule has 1 fully saturated rings. The number of aryl methyl sites for hydroxylation is 1. The second-order valence-corrected chi connectivity index (χ2v) is 5.19. The van der Waals surface area contributed by atoms with Crippen molar-refractivity contribution in [3.8, 4) is 0 Å². The molecule has 1 saturated carbocycles. The Bertz CT molecular complexity index is 706. The van der Waals surface area contributed by atoms with Gasteiger partial charge in [-0.05, 0) is 25.0 Å². The van der Waals surface area contributed by atoms with Crippen molar-refractivity contribution in [2.45, 2.75) is 31.1 Å². The molecule has 0 atom stereocenters. The van der Waals surface area contributed by atoms with E-state index in [4.69, 9.17) is 0 Å². The van der Waals surface area contributed by atoms with E-state index < -0.39 is 23.5 Å². The molecule has 1 aromatic carbocycles. The van der Waals surface area contributed by atoms with Gasteiger partial charge < -0.3 is 4.57 Å². The first kappa shape index (κ1) is 14.2. The minimum Gasteiger partial charge on any atom is -0.331 e. The molecule has 0 saturated heterocycles. The highest BCUT2D eigenvalue weighted by Gasteiger charge is 2.44. The maximum Gasteiger partial charge on any atom is 0.417 e. The molecule has 2 aromatic rings. The molecule has 0 bridgehead atoms. The van der Waals surface area contributed by atoms with Crippen LogP contribution in [0.25, 0.3) is 11.0 Å². The van der Waals surface area contributed by atoms with E-state index in [0.717, 1.165) is 12.8 Å². The van der Waals surface area contributed by atoms with Gasteiger partial charge in [0.2, 0.25) is 0 Å². The Morgan fingerprint density at radius 1 is 1.00 bits per heavy atom. The van der Waals surface area contributed by atoms with E-state index in [1.54, 1.807) is 0 Å². The zero-order chi connectivity index (χ0) is 15.6. The number of halogens is 6. The minimum atomic E-state index is -5.07. The predicted molar refractivity (Wildman–Crippen MR) is 62.7 cm³/mol. The van der Waals surface area contributed by atoms with Crippen molar-refractivity contribution < 1.29 is 26.3 Å². The van der Waals surface area contributed by atoms with Gasteiger partial charge in [0.15, 0.2) is 0 Å². The largest absolute Gasteiger partial charge is 0.417 e. The Morgan fingerprint density at radius 3 is 2.00 bits per heavy atom. The van der Waals surface area contributed by atoms with E-state index in [0.29, 0.717) is 18.0 Å². The first-order chi connectivity index (χ1) is 9.59. The van der Waals surface area contributed by atoms with Crippen LogP contribution in [0.3, 0.4) is 0 Å². The highest BCUT2D eigenvalue weighted by molar-refractivity contribution is 5.79. The molecule has 8 heteroatoms. The fourth-order valence-electron chi connectivity index (χ4n) is 2.43. The first-order valence-corrected chi connectivity index (χ1v) is 6.24. The van der Waals surface area contributed by atoms with E-state index in [9.17, 15) is 26.3 Å². The molecule has 0 spiro atoms. The van der Waals surface area contributed by atoms with Gasteiger partial charge in [0, 0.05) is 13.0 Å².